The van der Waals surface area contributed by atoms with Crippen molar-refractivity contribution in [3.05, 3.63) is 60.0 Å². The van der Waals surface area contributed by atoms with Crippen LogP contribution in [-0.4, -0.2) is 41.4 Å². The van der Waals surface area contributed by atoms with Gasteiger partial charge >= 0.3 is 0 Å². The number of carbonyl (C=O) groups excluding carboxylic acids is 2. The summed E-state index contributed by atoms with van der Waals surface area (Å²) in [4.78, 5) is 29.8. The highest BCUT2D eigenvalue weighted by Crippen LogP contribution is 2.24. The Morgan fingerprint density at radius 2 is 2.07 bits per heavy atom. The molecular weight excluding hydrogens is 385 g/mol. The Hall–Kier alpha value is -3.35. The number of halogens is 1. The van der Waals surface area contributed by atoms with Gasteiger partial charge in [0.25, 0.3) is 0 Å². The number of H-pyrrole nitrogens is 1. The lowest BCUT2D eigenvalue weighted by molar-refractivity contribution is -0.128. The summed E-state index contributed by atoms with van der Waals surface area (Å²) in [5, 5.41) is 3.70. The molecule has 0 bridgehead atoms. The standard InChI is InChI=1S/C23H24FN3O3/c1-2-30-19-6-4-18(5-7-19)26-23(29)16-11-22(28)27(14-16)10-9-15-13-25-21-8-3-17(24)12-20(15)21/h3-8,12-13,16,25H,2,9-11,14H2,1H3,(H,26,29). The van der Waals surface area contributed by atoms with Crippen molar-refractivity contribution >= 4 is 28.4 Å². The molecule has 1 atom stereocenters. The van der Waals surface area contributed by atoms with E-state index >= 15 is 0 Å². The van der Waals surface area contributed by atoms with Crippen LogP contribution in [0.3, 0.4) is 0 Å². The summed E-state index contributed by atoms with van der Waals surface area (Å²) >= 11 is 0. The van der Waals surface area contributed by atoms with Gasteiger partial charge in [-0.25, -0.2) is 4.39 Å². The van der Waals surface area contributed by atoms with Crippen LogP contribution >= 0.6 is 0 Å². The number of aromatic amines is 1. The number of carbonyl (C=O) groups is 2. The monoisotopic (exact) mass is 409 g/mol. The highest BCUT2D eigenvalue weighted by molar-refractivity contribution is 5.97. The topological polar surface area (TPSA) is 74.4 Å². The van der Waals surface area contributed by atoms with E-state index < -0.39 is 0 Å². The largest absolute Gasteiger partial charge is 0.494 e. The maximum Gasteiger partial charge on any atom is 0.229 e. The summed E-state index contributed by atoms with van der Waals surface area (Å²) < 4.78 is 18.9. The first-order chi connectivity index (χ1) is 14.5. The van der Waals surface area contributed by atoms with E-state index in [1.54, 1.807) is 35.2 Å². The fourth-order valence-electron chi connectivity index (χ4n) is 3.82. The third-order valence-electron chi connectivity index (χ3n) is 5.40. The van der Waals surface area contributed by atoms with Gasteiger partial charge in [0.05, 0.1) is 12.5 Å². The number of aromatic nitrogens is 1. The van der Waals surface area contributed by atoms with E-state index in [9.17, 15) is 14.0 Å². The van der Waals surface area contributed by atoms with Gasteiger partial charge in [-0.05, 0) is 61.4 Å². The summed E-state index contributed by atoms with van der Waals surface area (Å²) in [7, 11) is 0. The Morgan fingerprint density at radius 1 is 1.27 bits per heavy atom. The third kappa shape index (κ3) is 4.30. The molecule has 7 heteroatoms. The second-order valence-electron chi connectivity index (χ2n) is 7.44. The SMILES string of the molecule is CCOc1ccc(NC(=O)C2CC(=O)N(CCc3c[nH]c4ccc(F)cc34)C2)cc1. The average Bonchev–Trinajstić information content (AvgIpc) is 3.31. The van der Waals surface area contributed by atoms with Gasteiger partial charge in [0.2, 0.25) is 11.8 Å². The van der Waals surface area contributed by atoms with Crippen LogP contribution in [0.25, 0.3) is 10.9 Å². The number of fused-ring (bicyclic) bond motifs is 1. The summed E-state index contributed by atoms with van der Waals surface area (Å²) in [6, 6.07) is 11.8. The summed E-state index contributed by atoms with van der Waals surface area (Å²) in [5.41, 5.74) is 2.50. The maximum absolute atomic E-state index is 13.5. The fourth-order valence-corrected chi connectivity index (χ4v) is 3.82. The number of ether oxygens (including phenoxy) is 1. The van der Waals surface area contributed by atoms with Gasteiger partial charge in [-0.15, -0.1) is 0 Å². The zero-order valence-corrected chi connectivity index (χ0v) is 16.8. The number of nitrogens with one attached hydrogen (secondary N) is 2. The van der Waals surface area contributed by atoms with Crippen LogP contribution in [0.15, 0.2) is 48.7 Å². The summed E-state index contributed by atoms with van der Waals surface area (Å²) in [6.45, 7) is 3.38. The number of nitrogens with zero attached hydrogens (tertiary/aromatic N) is 1. The van der Waals surface area contributed by atoms with Crippen molar-refractivity contribution in [1.82, 2.24) is 9.88 Å². The van der Waals surface area contributed by atoms with Gasteiger partial charge < -0.3 is 19.9 Å². The van der Waals surface area contributed by atoms with E-state index in [0.717, 1.165) is 22.2 Å². The molecule has 1 aliphatic heterocycles. The Kier molecular flexibility index (Phi) is 5.70. The zero-order chi connectivity index (χ0) is 21.1. The third-order valence-corrected chi connectivity index (χ3v) is 5.40. The Labute approximate surface area is 174 Å². The van der Waals surface area contributed by atoms with E-state index in [2.05, 4.69) is 10.3 Å². The van der Waals surface area contributed by atoms with Crippen LogP contribution in [0, 0.1) is 11.7 Å². The minimum Gasteiger partial charge on any atom is -0.494 e. The Balaban J connectivity index is 1.34. The molecule has 4 rings (SSSR count). The van der Waals surface area contributed by atoms with Gasteiger partial charge in [0.15, 0.2) is 0 Å². The molecule has 1 aromatic heterocycles. The number of benzene rings is 2. The molecular formula is C23H24FN3O3. The first kappa shape index (κ1) is 19.9. The summed E-state index contributed by atoms with van der Waals surface area (Å²) in [5.74, 6) is -0.122. The number of amides is 2. The minimum absolute atomic E-state index is 0.0344. The Bertz CT molecular complexity index is 1060. The molecule has 2 heterocycles. The molecule has 2 amide bonds. The van der Waals surface area contributed by atoms with E-state index in [1.165, 1.54) is 12.1 Å². The molecule has 1 unspecified atom stereocenters. The number of anilines is 1. The van der Waals surface area contributed by atoms with Crippen LogP contribution in [0.1, 0.15) is 18.9 Å². The van der Waals surface area contributed by atoms with E-state index in [0.29, 0.717) is 31.8 Å². The second kappa shape index (κ2) is 8.57. The number of hydrogen-bond acceptors (Lipinski definition) is 3. The van der Waals surface area contributed by atoms with E-state index in [-0.39, 0.29) is 30.0 Å². The van der Waals surface area contributed by atoms with Crippen molar-refractivity contribution in [3.8, 4) is 5.75 Å². The first-order valence-electron chi connectivity index (χ1n) is 10.1. The van der Waals surface area contributed by atoms with Gasteiger partial charge in [-0.2, -0.15) is 0 Å². The second-order valence-corrected chi connectivity index (χ2v) is 7.44. The van der Waals surface area contributed by atoms with Gasteiger partial charge in [-0.1, -0.05) is 0 Å². The lowest BCUT2D eigenvalue weighted by Crippen LogP contribution is -2.30. The van der Waals surface area contributed by atoms with Crippen LogP contribution in [0.4, 0.5) is 10.1 Å². The molecule has 1 fully saturated rings. The molecule has 0 radical (unpaired) electrons. The zero-order valence-electron chi connectivity index (χ0n) is 16.8. The molecule has 6 nitrogen and oxygen atoms in total. The molecule has 3 aromatic rings. The van der Waals surface area contributed by atoms with E-state index in [4.69, 9.17) is 4.74 Å². The molecule has 2 N–H and O–H groups in total. The highest BCUT2D eigenvalue weighted by Gasteiger charge is 2.34. The van der Waals surface area contributed by atoms with E-state index in [1.807, 2.05) is 13.1 Å². The molecule has 30 heavy (non-hydrogen) atoms. The van der Waals surface area contributed by atoms with Crippen molar-refractivity contribution < 1.29 is 18.7 Å². The molecule has 1 saturated heterocycles. The predicted molar refractivity (Wildman–Crippen MR) is 113 cm³/mol. The van der Waals surface area contributed by atoms with Crippen LogP contribution in [-0.2, 0) is 16.0 Å². The van der Waals surface area contributed by atoms with Gasteiger partial charge in [0, 0.05) is 42.3 Å². The van der Waals surface area contributed by atoms with Crippen molar-refractivity contribution in [2.75, 3.05) is 25.0 Å². The molecule has 1 aliphatic rings. The number of hydrogen-bond donors (Lipinski definition) is 2. The smallest absolute Gasteiger partial charge is 0.229 e. The normalized spacial score (nSPS) is 16.3. The van der Waals surface area contributed by atoms with Crippen LogP contribution in [0.2, 0.25) is 0 Å². The molecule has 0 spiro atoms. The fraction of sp³-hybridized carbons (Fsp3) is 0.304. The molecule has 0 saturated carbocycles. The van der Waals surface area contributed by atoms with Crippen LogP contribution in [0.5, 0.6) is 5.75 Å². The lowest BCUT2D eigenvalue weighted by Gasteiger charge is -2.16. The quantitative estimate of drug-likeness (QED) is 0.624. The molecule has 156 valence electrons. The highest BCUT2D eigenvalue weighted by atomic mass is 19.1. The predicted octanol–water partition coefficient (Wildman–Crippen LogP) is 3.74. The molecule has 0 aliphatic carbocycles. The van der Waals surface area contributed by atoms with Crippen molar-refractivity contribution in [1.29, 1.82) is 0 Å². The average molecular weight is 409 g/mol. The van der Waals surface area contributed by atoms with Gasteiger partial charge in [0.1, 0.15) is 11.6 Å². The minimum atomic E-state index is -0.385. The maximum atomic E-state index is 13.5. The van der Waals surface area contributed by atoms with Crippen molar-refractivity contribution in [3.63, 3.8) is 0 Å². The lowest BCUT2D eigenvalue weighted by atomic mass is 10.1. The number of likely N-dealkylation sites (tertiary alicyclic amines) is 1. The van der Waals surface area contributed by atoms with Gasteiger partial charge in [-0.3, -0.25) is 9.59 Å². The van der Waals surface area contributed by atoms with Crippen molar-refractivity contribution in [2.45, 2.75) is 19.8 Å². The first-order valence-corrected chi connectivity index (χ1v) is 10.1. The molecule has 2 aromatic carbocycles. The summed E-state index contributed by atoms with van der Waals surface area (Å²) in [6.07, 6.45) is 2.65. The van der Waals surface area contributed by atoms with Crippen molar-refractivity contribution in [2.24, 2.45) is 5.92 Å². The Morgan fingerprint density at radius 3 is 2.83 bits per heavy atom. The van der Waals surface area contributed by atoms with Crippen LogP contribution < -0.4 is 10.1 Å². The number of rotatable bonds is 7.